The van der Waals surface area contributed by atoms with Crippen molar-refractivity contribution in [2.75, 3.05) is 18.6 Å². The largest absolute Gasteiger partial charge is 0.395 e. The minimum absolute atomic E-state index is 0.114. The number of aliphatic hydroxyl groups is 1. The summed E-state index contributed by atoms with van der Waals surface area (Å²) in [4.78, 5) is 12.9. The van der Waals surface area contributed by atoms with Gasteiger partial charge in [0.15, 0.2) is 5.78 Å². The van der Waals surface area contributed by atoms with Gasteiger partial charge in [-0.3, -0.25) is 4.79 Å². The molecule has 0 aliphatic carbocycles. The molecule has 0 saturated carbocycles. The van der Waals surface area contributed by atoms with E-state index in [0.717, 1.165) is 10.5 Å². The molecule has 88 valence electrons. The van der Waals surface area contributed by atoms with Crippen LogP contribution in [0, 0.1) is 0 Å². The lowest BCUT2D eigenvalue weighted by atomic mass is 10.1. The normalized spacial score (nSPS) is 12.4. The molecule has 1 aromatic rings. The third-order valence-electron chi connectivity index (χ3n) is 2.17. The number of ketones is 1. The number of thioether (sulfide) groups is 2. The molecule has 1 rings (SSSR count). The van der Waals surface area contributed by atoms with Gasteiger partial charge in [-0.2, -0.15) is 0 Å². The number of rotatable bonds is 6. The van der Waals surface area contributed by atoms with Crippen LogP contribution in [0.25, 0.3) is 0 Å². The lowest BCUT2D eigenvalue weighted by Crippen LogP contribution is -2.09. The highest BCUT2D eigenvalue weighted by Crippen LogP contribution is 2.17. The van der Waals surface area contributed by atoms with Gasteiger partial charge in [0.25, 0.3) is 0 Å². The molecule has 1 atom stereocenters. The van der Waals surface area contributed by atoms with E-state index in [2.05, 4.69) is 0 Å². The van der Waals surface area contributed by atoms with Crippen molar-refractivity contribution in [2.45, 2.75) is 17.1 Å². The zero-order chi connectivity index (χ0) is 12.0. The Hall–Kier alpha value is -0.450. The van der Waals surface area contributed by atoms with Gasteiger partial charge in [0, 0.05) is 15.7 Å². The van der Waals surface area contributed by atoms with Gasteiger partial charge in [-0.15, -0.1) is 23.5 Å². The zero-order valence-corrected chi connectivity index (χ0v) is 11.1. The van der Waals surface area contributed by atoms with Crippen LogP contribution in [0.1, 0.15) is 17.3 Å². The van der Waals surface area contributed by atoms with Crippen LogP contribution in [0.15, 0.2) is 29.2 Å². The van der Waals surface area contributed by atoms with E-state index in [1.807, 2.05) is 37.4 Å². The molecule has 0 aromatic heterocycles. The maximum Gasteiger partial charge on any atom is 0.172 e. The molecular weight excluding hydrogens is 240 g/mol. The minimum atomic E-state index is 0.114. The maximum atomic E-state index is 11.8. The molecule has 0 radical (unpaired) electrons. The van der Waals surface area contributed by atoms with Crippen LogP contribution in [-0.2, 0) is 0 Å². The Morgan fingerprint density at radius 1 is 1.38 bits per heavy atom. The van der Waals surface area contributed by atoms with Crippen LogP contribution in [0.3, 0.4) is 0 Å². The molecule has 0 amide bonds. The smallest absolute Gasteiger partial charge is 0.172 e. The minimum Gasteiger partial charge on any atom is -0.395 e. The summed E-state index contributed by atoms with van der Waals surface area (Å²) < 4.78 is 0. The number of Topliss-reactive ketones (excluding diaryl/α,β-unsaturated/α-hetero) is 1. The molecule has 1 N–H and O–H groups in total. The quantitative estimate of drug-likeness (QED) is 0.627. The van der Waals surface area contributed by atoms with Gasteiger partial charge in [0.2, 0.25) is 0 Å². The van der Waals surface area contributed by atoms with Crippen LogP contribution in [0.5, 0.6) is 0 Å². The Balaban J connectivity index is 2.52. The van der Waals surface area contributed by atoms with Crippen molar-refractivity contribution >= 4 is 29.3 Å². The van der Waals surface area contributed by atoms with Gasteiger partial charge in [0.1, 0.15) is 0 Å². The molecule has 0 saturated heterocycles. The van der Waals surface area contributed by atoms with Crippen LogP contribution in [0.2, 0.25) is 0 Å². The average molecular weight is 256 g/mol. The van der Waals surface area contributed by atoms with Crippen molar-refractivity contribution in [2.24, 2.45) is 0 Å². The molecule has 0 heterocycles. The third kappa shape index (κ3) is 4.20. The molecular formula is C12H16O2S2. The lowest BCUT2D eigenvalue weighted by Gasteiger charge is -2.06. The van der Waals surface area contributed by atoms with Crippen LogP contribution < -0.4 is 0 Å². The molecule has 1 aromatic carbocycles. The average Bonchev–Trinajstić information content (AvgIpc) is 2.35. The first kappa shape index (κ1) is 13.6. The Morgan fingerprint density at radius 2 is 2.00 bits per heavy atom. The van der Waals surface area contributed by atoms with Crippen LogP contribution in [0.4, 0.5) is 0 Å². The summed E-state index contributed by atoms with van der Waals surface area (Å²) in [6.07, 6.45) is 2.01. The molecule has 16 heavy (non-hydrogen) atoms. The monoisotopic (exact) mass is 256 g/mol. The lowest BCUT2D eigenvalue weighted by molar-refractivity contribution is 0.102. The number of benzene rings is 1. The number of aliphatic hydroxyl groups excluding tert-OH is 1. The van der Waals surface area contributed by atoms with E-state index < -0.39 is 0 Å². The van der Waals surface area contributed by atoms with Crippen molar-refractivity contribution in [1.29, 1.82) is 0 Å². The SMILES string of the molecule is CSc1ccc(C(=O)CSC(C)CO)cc1. The van der Waals surface area contributed by atoms with Crippen molar-refractivity contribution < 1.29 is 9.90 Å². The zero-order valence-electron chi connectivity index (χ0n) is 9.47. The summed E-state index contributed by atoms with van der Waals surface area (Å²) in [5.41, 5.74) is 0.746. The van der Waals surface area contributed by atoms with Crippen LogP contribution in [-0.4, -0.2) is 34.8 Å². The Kier molecular flexibility index (Phi) is 5.95. The molecule has 1 unspecified atom stereocenters. The standard InChI is InChI=1S/C12H16O2S2/c1-9(7-13)16-8-12(14)10-3-5-11(15-2)6-4-10/h3-6,9,13H,7-8H2,1-2H3. The van der Waals surface area contributed by atoms with Crippen molar-refractivity contribution in [1.82, 2.24) is 0 Å². The molecule has 2 nitrogen and oxygen atoms in total. The van der Waals surface area contributed by atoms with E-state index in [0.29, 0.717) is 5.75 Å². The van der Waals surface area contributed by atoms with Crippen LogP contribution >= 0.6 is 23.5 Å². The molecule has 4 heteroatoms. The van der Waals surface area contributed by atoms with Gasteiger partial charge >= 0.3 is 0 Å². The molecule has 0 aliphatic heterocycles. The highest BCUT2D eigenvalue weighted by atomic mass is 32.2. The van der Waals surface area contributed by atoms with Gasteiger partial charge in [-0.25, -0.2) is 0 Å². The fourth-order valence-electron chi connectivity index (χ4n) is 1.13. The van der Waals surface area contributed by atoms with Crippen molar-refractivity contribution in [3.05, 3.63) is 29.8 Å². The molecule has 0 spiro atoms. The van der Waals surface area contributed by atoms with E-state index in [9.17, 15) is 4.79 Å². The molecule has 0 aliphatic rings. The fourth-order valence-corrected chi connectivity index (χ4v) is 2.25. The predicted octanol–water partition coefficient (Wildman–Crippen LogP) is 2.71. The highest BCUT2D eigenvalue weighted by molar-refractivity contribution is 8.00. The summed E-state index contributed by atoms with van der Waals surface area (Å²) >= 11 is 3.15. The summed E-state index contributed by atoms with van der Waals surface area (Å²) in [5.74, 6) is 0.554. The van der Waals surface area contributed by atoms with Crippen molar-refractivity contribution in [3.8, 4) is 0 Å². The Labute approximate surface area is 105 Å². The number of hydrogen-bond acceptors (Lipinski definition) is 4. The summed E-state index contributed by atoms with van der Waals surface area (Å²) in [7, 11) is 0. The predicted molar refractivity (Wildman–Crippen MR) is 71.6 cm³/mol. The van der Waals surface area contributed by atoms with Gasteiger partial charge < -0.3 is 5.11 Å². The summed E-state index contributed by atoms with van der Waals surface area (Å²) in [5, 5.41) is 8.97. The van der Waals surface area contributed by atoms with Gasteiger partial charge in [0.05, 0.1) is 12.4 Å². The first-order chi connectivity index (χ1) is 7.67. The second kappa shape index (κ2) is 6.99. The number of carbonyl (C=O) groups is 1. The second-order valence-corrected chi connectivity index (χ2v) is 5.76. The summed E-state index contributed by atoms with van der Waals surface area (Å²) in [6, 6.07) is 7.63. The van der Waals surface area contributed by atoms with Gasteiger partial charge in [-0.1, -0.05) is 19.1 Å². The first-order valence-corrected chi connectivity index (χ1v) is 7.34. The van der Waals surface area contributed by atoms with E-state index in [-0.39, 0.29) is 17.6 Å². The van der Waals surface area contributed by atoms with Gasteiger partial charge in [-0.05, 0) is 18.4 Å². The van der Waals surface area contributed by atoms with E-state index >= 15 is 0 Å². The van der Waals surface area contributed by atoms with E-state index in [1.54, 1.807) is 11.8 Å². The maximum absolute atomic E-state index is 11.8. The topological polar surface area (TPSA) is 37.3 Å². The second-order valence-electron chi connectivity index (χ2n) is 3.46. The highest BCUT2D eigenvalue weighted by Gasteiger charge is 2.08. The molecule has 0 bridgehead atoms. The number of carbonyl (C=O) groups excluding carboxylic acids is 1. The van der Waals surface area contributed by atoms with E-state index in [4.69, 9.17) is 5.11 Å². The Bertz CT molecular complexity index is 335. The van der Waals surface area contributed by atoms with Crippen molar-refractivity contribution in [3.63, 3.8) is 0 Å². The Morgan fingerprint density at radius 3 is 2.50 bits per heavy atom. The first-order valence-electron chi connectivity index (χ1n) is 5.07. The number of hydrogen-bond donors (Lipinski definition) is 1. The van der Waals surface area contributed by atoms with E-state index in [1.165, 1.54) is 11.8 Å². The summed E-state index contributed by atoms with van der Waals surface area (Å²) in [6.45, 7) is 2.03. The fraction of sp³-hybridized carbons (Fsp3) is 0.417. The molecule has 0 fully saturated rings. The third-order valence-corrected chi connectivity index (χ3v) is 4.06.